The molecule has 0 fully saturated rings. The average Bonchev–Trinajstić information content (AvgIpc) is 2.52. The predicted molar refractivity (Wildman–Crippen MR) is 92.5 cm³/mol. The van der Waals surface area contributed by atoms with Crippen LogP contribution >= 0.6 is 0 Å². The smallest absolute Gasteiger partial charge is 0.0195 e. The van der Waals surface area contributed by atoms with Crippen molar-refractivity contribution in [1.29, 1.82) is 0 Å². The van der Waals surface area contributed by atoms with Crippen LogP contribution in [0.2, 0.25) is 0 Å². The monoisotopic (exact) mass is 277 g/mol. The molecular formula is C16H43N3. The van der Waals surface area contributed by atoms with Crippen LogP contribution in [0.15, 0.2) is 0 Å². The highest BCUT2D eigenvalue weighted by atomic mass is 14.4. The van der Waals surface area contributed by atoms with E-state index in [1.54, 1.807) is 0 Å². The summed E-state index contributed by atoms with van der Waals surface area (Å²) in [6.45, 7) is 4.56. The summed E-state index contributed by atoms with van der Waals surface area (Å²) in [5, 5.41) is 0. The molecule has 0 aliphatic rings. The summed E-state index contributed by atoms with van der Waals surface area (Å²) in [7, 11) is 4.50. The van der Waals surface area contributed by atoms with Crippen LogP contribution in [0, 0.1) is 0 Å². The second kappa shape index (κ2) is 43.0. The normalized spacial score (nSPS) is 8.21. The van der Waals surface area contributed by atoms with Crippen molar-refractivity contribution in [2.75, 3.05) is 21.1 Å². The number of hydrogen-bond acceptors (Lipinski definition) is 3. The van der Waals surface area contributed by atoms with Crippen LogP contribution in [0.3, 0.4) is 0 Å². The number of hydrogen-bond donors (Lipinski definition) is 3. The minimum atomic E-state index is 1.37. The van der Waals surface area contributed by atoms with E-state index >= 15 is 0 Å². The lowest BCUT2D eigenvalue weighted by atomic mass is 10.1. The first-order valence-corrected chi connectivity index (χ1v) is 8.15. The highest BCUT2D eigenvalue weighted by molar-refractivity contribution is 4.46. The van der Waals surface area contributed by atoms with Gasteiger partial charge in [0.2, 0.25) is 0 Å². The van der Waals surface area contributed by atoms with E-state index in [1.807, 2.05) is 0 Å². The molecule has 122 valence electrons. The van der Waals surface area contributed by atoms with Crippen LogP contribution in [-0.2, 0) is 0 Å². The molecule has 0 saturated heterocycles. The third-order valence-corrected chi connectivity index (χ3v) is 2.71. The SMILES string of the molecule is CCCCCCCCCCCCC.CN.CN.CN. The number of rotatable bonds is 10. The van der Waals surface area contributed by atoms with Crippen LogP contribution in [0.4, 0.5) is 0 Å². The molecule has 0 radical (unpaired) electrons. The Morgan fingerprint density at radius 3 is 0.684 bits per heavy atom. The van der Waals surface area contributed by atoms with Crippen molar-refractivity contribution in [2.45, 2.75) is 84.5 Å². The van der Waals surface area contributed by atoms with Gasteiger partial charge >= 0.3 is 0 Å². The van der Waals surface area contributed by atoms with E-state index in [-0.39, 0.29) is 0 Å². The van der Waals surface area contributed by atoms with Crippen LogP contribution < -0.4 is 17.2 Å². The molecule has 0 saturated carbocycles. The van der Waals surface area contributed by atoms with E-state index in [9.17, 15) is 0 Å². The maximum Gasteiger partial charge on any atom is -0.0195 e. The quantitative estimate of drug-likeness (QED) is 0.527. The predicted octanol–water partition coefficient (Wildman–Crippen LogP) is 4.04. The summed E-state index contributed by atoms with van der Waals surface area (Å²) < 4.78 is 0. The summed E-state index contributed by atoms with van der Waals surface area (Å²) in [6.07, 6.45) is 15.9. The Labute approximate surface area is 123 Å². The standard InChI is InChI=1S/C13H28.3CH5N/c1-3-5-7-9-11-13-12-10-8-6-4-2;3*1-2/h3-13H2,1-2H3;3*2H2,1H3. The Kier molecular flexibility index (Phi) is 61.7. The first-order valence-electron chi connectivity index (χ1n) is 8.15. The molecule has 0 rings (SSSR count). The van der Waals surface area contributed by atoms with Crippen molar-refractivity contribution in [3.8, 4) is 0 Å². The van der Waals surface area contributed by atoms with E-state index in [0.29, 0.717) is 0 Å². The van der Waals surface area contributed by atoms with Crippen molar-refractivity contribution >= 4 is 0 Å². The topological polar surface area (TPSA) is 78.1 Å². The van der Waals surface area contributed by atoms with Crippen LogP contribution in [0.1, 0.15) is 84.5 Å². The molecule has 0 aromatic heterocycles. The van der Waals surface area contributed by atoms with Gasteiger partial charge in [-0.15, -0.1) is 0 Å². The molecular weight excluding hydrogens is 234 g/mol. The van der Waals surface area contributed by atoms with Gasteiger partial charge in [-0.2, -0.15) is 0 Å². The first kappa shape index (κ1) is 27.3. The lowest BCUT2D eigenvalue weighted by Gasteiger charge is -2.00. The Morgan fingerprint density at radius 1 is 0.368 bits per heavy atom. The lowest BCUT2D eigenvalue weighted by Crippen LogP contribution is -1.80. The van der Waals surface area contributed by atoms with Crippen molar-refractivity contribution in [3.05, 3.63) is 0 Å². The molecule has 0 spiro atoms. The molecule has 0 aromatic carbocycles. The molecule has 0 aromatic rings. The zero-order chi connectivity index (χ0) is 15.8. The summed E-state index contributed by atoms with van der Waals surface area (Å²) >= 11 is 0. The van der Waals surface area contributed by atoms with E-state index in [2.05, 4.69) is 31.0 Å². The zero-order valence-electron chi connectivity index (χ0n) is 14.5. The van der Waals surface area contributed by atoms with Gasteiger partial charge in [0, 0.05) is 0 Å². The Morgan fingerprint density at radius 2 is 0.526 bits per heavy atom. The molecule has 0 unspecified atom stereocenters. The van der Waals surface area contributed by atoms with Crippen molar-refractivity contribution in [3.63, 3.8) is 0 Å². The molecule has 19 heavy (non-hydrogen) atoms. The minimum Gasteiger partial charge on any atom is -0.333 e. The molecule has 0 aliphatic heterocycles. The van der Waals surface area contributed by atoms with Gasteiger partial charge in [0.25, 0.3) is 0 Å². The van der Waals surface area contributed by atoms with Gasteiger partial charge in [-0.25, -0.2) is 0 Å². The van der Waals surface area contributed by atoms with Crippen LogP contribution in [0.5, 0.6) is 0 Å². The maximum absolute atomic E-state index is 4.50. The lowest BCUT2D eigenvalue weighted by molar-refractivity contribution is 0.554. The van der Waals surface area contributed by atoms with Gasteiger partial charge in [0.1, 0.15) is 0 Å². The summed E-state index contributed by atoms with van der Waals surface area (Å²) in [5.41, 5.74) is 13.5. The fourth-order valence-corrected chi connectivity index (χ4v) is 1.74. The highest BCUT2D eigenvalue weighted by Crippen LogP contribution is 2.10. The van der Waals surface area contributed by atoms with Crippen molar-refractivity contribution < 1.29 is 0 Å². The molecule has 0 heterocycles. The fourth-order valence-electron chi connectivity index (χ4n) is 1.74. The van der Waals surface area contributed by atoms with E-state index < -0.39 is 0 Å². The van der Waals surface area contributed by atoms with E-state index in [4.69, 9.17) is 0 Å². The molecule has 0 bridgehead atoms. The van der Waals surface area contributed by atoms with Gasteiger partial charge in [-0.05, 0) is 21.1 Å². The third-order valence-electron chi connectivity index (χ3n) is 2.71. The number of unbranched alkanes of at least 4 members (excludes halogenated alkanes) is 10. The zero-order valence-corrected chi connectivity index (χ0v) is 14.5. The van der Waals surface area contributed by atoms with Crippen LogP contribution in [0.25, 0.3) is 0 Å². The van der Waals surface area contributed by atoms with Crippen molar-refractivity contribution in [2.24, 2.45) is 17.2 Å². The van der Waals surface area contributed by atoms with Crippen molar-refractivity contribution in [1.82, 2.24) is 0 Å². The second-order valence-corrected chi connectivity index (χ2v) is 4.18. The summed E-state index contributed by atoms with van der Waals surface area (Å²) in [4.78, 5) is 0. The number of nitrogens with two attached hydrogens (primary N) is 3. The average molecular weight is 278 g/mol. The van der Waals surface area contributed by atoms with Gasteiger partial charge in [0.15, 0.2) is 0 Å². The first-order chi connectivity index (χ1) is 9.41. The highest BCUT2D eigenvalue weighted by Gasteiger charge is 1.90. The summed E-state index contributed by atoms with van der Waals surface area (Å²) in [6, 6.07) is 0. The molecule has 0 aliphatic carbocycles. The maximum atomic E-state index is 4.50. The van der Waals surface area contributed by atoms with Gasteiger partial charge in [-0.1, -0.05) is 84.5 Å². The molecule has 0 atom stereocenters. The molecule has 0 amide bonds. The van der Waals surface area contributed by atoms with Gasteiger partial charge in [0.05, 0.1) is 0 Å². The van der Waals surface area contributed by atoms with Crippen LogP contribution in [-0.4, -0.2) is 21.1 Å². The molecule has 6 N–H and O–H groups in total. The Bertz CT molecular complexity index is 78.1. The van der Waals surface area contributed by atoms with Gasteiger partial charge < -0.3 is 17.2 Å². The van der Waals surface area contributed by atoms with E-state index in [0.717, 1.165) is 0 Å². The largest absolute Gasteiger partial charge is 0.333 e. The molecule has 3 nitrogen and oxygen atoms in total. The Balaban J connectivity index is -0.000000163. The van der Waals surface area contributed by atoms with Gasteiger partial charge in [-0.3, -0.25) is 0 Å². The second-order valence-electron chi connectivity index (χ2n) is 4.18. The molecule has 3 heteroatoms. The Hall–Kier alpha value is -0.120. The fraction of sp³-hybridized carbons (Fsp3) is 1.00. The minimum absolute atomic E-state index is 1.37. The summed E-state index contributed by atoms with van der Waals surface area (Å²) in [5.74, 6) is 0. The van der Waals surface area contributed by atoms with E-state index in [1.165, 1.54) is 91.8 Å². The third kappa shape index (κ3) is 46.2.